The maximum atomic E-state index is 11.6. The number of hydrogen-bond acceptors (Lipinski definition) is 2. The Hall–Kier alpha value is -0.370. The van der Waals surface area contributed by atoms with E-state index < -0.39 is 0 Å². The van der Waals surface area contributed by atoms with E-state index in [0.717, 1.165) is 38.7 Å². The number of ketones is 1. The molecule has 2 rings (SSSR count). The molecule has 0 N–H and O–H groups in total. The van der Waals surface area contributed by atoms with Crippen molar-refractivity contribution in [3.63, 3.8) is 0 Å². The summed E-state index contributed by atoms with van der Waals surface area (Å²) in [6, 6.07) is 0. The van der Waals surface area contributed by atoms with Gasteiger partial charge in [0.25, 0.3) is 0 Å². The van der Waals surface area contributed by atoms with Crippen molar-refractivity contribution in [1.29, 1.82) is 0 Å². The maximum absolute atomic E-state index is 11.6. The number of ether oxygens (including phenoxy) is 1. The minimum atomic E-state index is -0.323. The van der Waals surface area contributed by atoms with Crippen LogP contribution < -0.4 is 0 Å². The summed E-state index contributed by atoms with van der Waals surface area (Å²) in [5.74, 6) is 0.369. The maximum Gasteiger partial charge on any atom is 0.164 e. The standard InChI is InChI=1S/C10H16O2/c11-9-5-1-2-6-10(9)7-3-4-8-12-10/h1-8H2/t10-/m1/s1. The quantitative estimate of drug-likeness (QED) is 0.553. The number of rotatable bonds is 0. The highest BCUT2D eigenvalue weighted by Crippen LogP contribution is 2.35. The van der Waals surface area contributed by atoms with Gasteiger partial charge in [0, 0.05) is 13.0 Å². The van der Waals surface area contributed by atoms with Crippen molar-refractivity contribution in [3.05, 3.63) is 0 Å². The Kier molecular flexibility index (Phi) is 2.18. The Labute approximate surface area is 73.3 Å². The van der Waals surface area contributed by atoms with Crippen molar-refractivity contribution in [2.24, 2.45) is 0 Å². The molecule has 0 radical (unpaired) electrons. The molecule has 0 unspecified atom stereocenters. The summed E-state index contributed by atoms with van der Waals surface area (Å²) in [6.07, 6.45) is 7.26. The first-order valence-corrected chi connectivity index (χ1v) is 5.01. The van der Waals surface area contributed by atoms with Crippen LogP contribution in [0.1, 0.15) is 44.9 Å². The fourth-order valence-corrected chi connectivity index (χ4v) is 2.33. The average molecular weight is 168 g/mol. The van der Waals surface area contributed by atoms with Gasteiger partial charge in [-0.25, -0.2) is 0 Å². The SMILES string of the molecule is O=C1CCCC[C@@]12CCCCO2. The van der Waals surface area contributed by atoms with Crippen LogP contribution in [-0.2, 0) is 9.53 Å². The summed E-state index contributed by atoms with van der Waals surface area (Å²) in [7, 11) is 0. The molecule has 1 spiro atoms. The minimum absolute atomic E-state index is 0.323. The second-order valence-corrected chi connectivity index (χ2v) is 3.93. The first-order valence-electron chi connectivity index (χ1n) is 5.01. The highest BCUT2D eigenvalue weighted by molar-refractivity contribution is 5.88. The Bertz CT molecular complexity index is 172. The molecule has 2 heteroatoms. The van der Waals surface area contributed by atoms with E-state index in [2.05, 4.69) is 0 Å². The lowest BCUT2D eigenvalue weighted by molar-refractivity contribution is -0.156. The zero-order chi connectivity index (χ0) is 8.44. The number of carbonyl (C=O) groups excluding carboxylic acids is 1. The van der Waals surface area contributed by atoms with Gasteiger partial charge in [-0.15, -0.1) is 0 Å². The lowest BCUT2D eigenvalue weighted by Crippen LogP contribution is -2.46. The van der Waals surface area contributed by atoms with Gasteiger partial charge in [-0.1, -0.05) is 0 Å². The van der Waals surface area contributed by atoms with E-state index >= 15 is 0 Å². The predicted octanol–water partition coefficient (Wildman–Crippen LogP) is 2.07. The molecule has 12 heavy (non-hydrogen) atoms. The van der Waals surface area contributed by atoms with Gasteiger partial charge in [0.05, 0.1) is 0 Å². The molecule has 1 atom stereocenters. The zero-order valence-corrected chi connectivity index (χ0v) is 7.47. The van der Waals surface area contributed by atoms with Crippen molar-refractivity contribution >= 4 is 5.78 Å². The average Bonchev–Trinajstić information content (AvgIpc) is 2.12. The minimum Gasteiger partial charge on any atom is -0.367 e. The van der Waals surface area contributed by atoms with Gasteiger partial charge in [0.15, 0.2) is 5.78 Å². The molecule has 1 saturated carbocycles. The van der Waals surface area contributed by atoms with E-state index in [-0.39, 0.29) is 5.60 Å². The molecule has 2 aliphatic rings. The monoisotopic (exact) mass is 168 g/mol. The van der Waals surface area contributed by atoms with Crippen molar-refractivity contribution < 1.29 is 9.53 Å². The first kappa shape index (κ1) is 8.24. The fraction of sp³-hybridized carbons (Fsp3) is 0.900. The van der Waals surface area contributed by atoms with Crippen LogP contribution in [0.2, 0.25) is 0 Å². The number of carbonyl (C=O) groups is 1. The molecule has 1 saturated heterocycles. The highest BCUT2D eigenvalue weighted by atomic mass is 16.5. The largest absolute Gasteiger partial charge is 0.367 e. The van der Waals surface area contributed by atoms with E-state index in [0.29, 0.717) is 5.78 Å². The van der Waals surface area contributed by atoms with Gasteiger partial charge in [0.2, 0.25) is 0 Å². The van der Waals surface area contributed by atoms with E-state index in [1.165, 1.54) is 12.8 Å². The summed E-state index contributed by atoms with van der Waals surface area (Å²) < 4.78 is 5.67. The lowest BCUT2D eigenvalue weighted by atomic mass is 9.79. The summed E-state index contributed by atoms with van der Waals surface area (Å²) in [6.45, 7) is 0.797. The molecule has 2 fully saturated rings. The highest BCUT2D eigenvalue weighted by Gasteiger charge is 2.41. The Morgan fingerprint density at radius 2 is 1.83 bits per heavy atom. The molecular weight excluding hydrogens is 152 g/mol. The van der Waals surface area contributed by atoms with Crippen LogP contribution >= 0.6 is 0 Å². The van der Waals surface area contributed by atoms with Crippen LogP contribution in [0.15, 0.2) is 0 Å². The van der Waals surface area contributed by atoms with E-state index in [1.807, 2.05) is 0 Å². The molecule has 1 heterocycles. The third kappa shape index (κ3) is 1.28. The van der Waals surface area contributed by atoms with Crippen LogP contribution in [0, 0.1) is 0 Å². The molecule has 68 valence electrons. The number of Topliss-reactive ketones (excluding diaryl/α,β-unsaturated/α-hetero) is 1. The van der Waals surface area contributed by atoms with Crippen LogP contribution in [0.3, 0.4) is 0 Å². The van der Waals surface area contributed by atoms with Gasteiger partial charge >= 0.3 is 0 Å². The molecule has 0 amide bonds. The Balaban J connectivity index is 2.09. The summed E-state index contributed by atoms with van der Waals surface area (Å²) in [5.41, 5.74) is -0.323. The van der Waals surface area contributed by atoms with Crippen LogP contribution in [0.5, 0.6) is 0 Å². The molecule has 1 aliphatic heterocycles. The van der Waals surface area contributed by atoms with Gasteiger partial charge in [0.1, 0.15) is 5.60 Å². The smallest absolute Gasteiger partial charge is 0.164 e. The topological polar surface area (TPSA) is 26.3 Å². The Morgan fingerprint density at radius 3 is 2.50 bits per heavy atom. The zero-order valence-electron chi connectivity index (χ0n) is 7.47. The van der Waals surface area contributed by atoms with Crippen molar-refractivity contribution in [2.75, 3.05) is 6.61 Å². The summed E-state index contributed by atoms with van der Waals surface area (Å²) in [5, 5.41) is 0. The van der Waals surface area contributed by atoms with Crippen molar-refractivity contribution in [1.82, 2.24) is 0 Å². The van der Waals surface area contributed by atoms with Crippen molar-refractivity contribution in [3.8, 4) is 0 Å². The van der Waals surface area contributed by atoms with Gasteiger partial charge in [-0.3, -0.25) is 4.79 Å². The van der Waals surface area contributed by atoms with Gasteiger partial charge in [-0.05, 0) is 38.5 Å². The van der Waals surface area contributed by atoms with E-state index in [4.69, 9.17) is 4.74 Å². The normalized spacial score (nSPS) is 37.2. The van der Waals surface area contributed by atoms with Gasteiger partial charge < -0.3 is 4.74 Å². The molecule has 0 bridgehead atoms. The molecule has 0 aromatic rings. The molecule has 0 aromatic carbocycles. The second kappa shape index (κ2) is 3.17. The van der Waals surface area contributed by atoms with Gasteiger partial charge in [-0.2, -0.15) is 0 Å². The van der Waals surface area contributed by atoms with E-state index in [9.17, 15) is 4.79 Å². The first-order chi connectivity index (χ1) is 5.83. The summed E-state index contributed by atoms with van der Waals surface area (Å²) >= 11 is 0. The predicted molar refractivity (Wildman–Crippen MR) is 46.0 cm³/mol. The Morgan fingerprint density at radius 1 is 1.08 bits per heavy atom. The molecule has 0 aromatic heterocycles. The van der Waals surface area contributed by atoms with E-state index in [1.54, 1.807) is 0 Å². The third-order valence-corrected chi connectivity index (χ3v) is 3.10. The third-order valence-electron chi connectivity index (χ3n) is 3.10. The van der Waals surface area contributed by atoms with Crippen LogP contribution in [-0.4, -0.2) is 18.0 Å². The van der Waals surface area contributed by atoms with Crippen LogP contribution in [0.4, 0.5) is 0 Å². The summed E-state index contributed by atoms with van der Waals surface area (Å²) in [4.78, 5) is 11.6. The molecule has 1 aliphatic carbocycles. The van der Waals surface area contributed by atoms with Crippen molar-refractivity contribution in [2.45, 2.75) is 50.5 Å². The lowest BCUT2D eigenvalue weighted by Gasteiger charge is -2.38. The second-order valence-electron chi connectivity index (χ2n) is 3.93. The fourth-order valence-electron chi connectivity index (χ4n) is 2.33. The van der Waals surface area contributed by atoms with Crippen LogP contribution in [0.25, 0.3) is 0 Å². The molecular formula is C10H16O2. The number of hydrogen-bond donors (Lipinski definition) is 0. The molecule has 2 nitrogen and oxygen atoms in total.